The summed E-state index contributed by atoms with van der Waals surface area (Å²) in [5, 5.41) is 3.47. The van der Waals surface area contributed by atoms with E-state index >= 15 is 0 Å². The second kappa shape index (κ2) is 6.21. The van der Waals surface area contributed by atoms with Crippen molar-refractivity contribution in [2.45, 2.75) is 25.8 Å². The van der Waals surface area contributed by atoms with Crippen LogP contribution in [0.25, 0.3) is 0 Å². The Hall–Kier alpha value is -1.06. The molecule has 1 atom stereocenters. The second-order valence-corrected chi connectivity index (χ2v) is 5.04. The van der Waals surface area contributed by atoms with Gasteiger partial charge < -0.3 is 15.0 Å². The molecule has 3 nitrogen and oxygen atoms in total. The fourth-order valence-corrected chi connectivity index (χ4v) is 2.60. The van der Waals surface area contributed by atoms with Crippen LogP contribution in [0, 0.1) is 0 Å². The molecule has 0 saturated carbocycles. The van der Waals surface area contributed by atoms with Crippen LogP contribution in [0.3, 0.4) is 0 Å². The summed E-state index contributed by atoms with van der Waals surface area (Å²) in [7, 11) is 3.96. The van der Waals surface area contributed by atoms with Gasteiger partial charge in [-0.05, 0) is 37.1 Å². The highest BCUT2D eigenvalue weighted by molar-refractivity contribution is 5.37. The number of hydrogen-bond acceptors (Lipinski definition) is 3. The molecule has 0 spiro atoms. The molecule has 1 aromatic carbocycles. The molecule has 100 valence electrons. The third-order valence-electron chi connectivity index (χ3n) is 3.84. The Labute approximate surface area is 110 Å². The van der Waals surface area contributed by atoms with Crippen molar-refractivity contribution in [3.8, 4) is 5.75 Å². The molecule has 1 aliphatic heterocycles. The Morgan fingerprint density at radius 2 is 2.28 bits per heavy atom. The first-order chi connectivity index (χ1) is 8.74. The quantitative estimate of drug-likeness (QED) is 0.878. The molecule has 1 heterocycles. The molecule has 1 N–H and O–H groups in total. The average molecular weight is 248 g/mol. The number of likely N-dealkylation sites (N-methyl/N-ethyl adjacent to an activating group) is 1. The van der Waals surface area contributed by atoms with Gasteiger partial charge in [0.2, 0.25) is 0 Å². The van der Waals surface area contributed by atoms with Crippen LogP contribution >= 0.6 is 0 Å². The van der Waals surface area contributed by atoms with E-state index in [0.29, 0.717) is 6.04 Å². The monoisotopic (exact) mass is 248 g/mol. The van der Waals surface area contributed by atoms with E-state index < -0.39 is 0 Å². The maximum absolute atomic E-state index is 5.38. The van der Waals surface area contributed by atoms with Crippen LogP contribution in [0.1, 0.15) is 18.1 Å². The van der Waals surface area contributed by atoms with E-state index in [9.17, 15) is 0 Å². The number of methoxy groups -OCH3 is 1. The lowest BCUT2D eigenvalue weighted by atomic mass is 10.00. The molecule has 0 aromatic heterocycles. The molecule has 0 aliphatic carbocycles. The van der Waals surface area contributed by atoms with E-state index in [2.05, 4.69) is 42.4 Å². The smallest absolute Gasteiger partial charge is 0.122 e. The number of nitrogens with zero attached hydrogens (tertiary/aromatic N) is 1. The maximum Gasteiger partial charge on any atom is 0.122 e. The Morgan fingerprint density at radius 1 is 1.44 bits per heavy atom. The summed E-state index contributed by atoms with van der Waals surface area (Å²) in [6, 6.07) is 7.20. The van der Waals surface area contributed by atoms with Crippen molar-refractivity contribution < 1.29 is 4.74 Å². The Kier molecular flexibility index (Phi) is 4.61. The van der Waals surface area contributed by atoms with E-state index in [0.717, 1.165) is 38.2 Å². The summed E-state index contributed by atoms with van der Waals surface area (Å²) in [6.07, 6.45) is 2.14. The van der Waals surface area contributed by atoms with E-state index in [1.54, 1.807) is 7.11 Å². The van der Waals surface area contributed by atoms with Crippen LogP contribution in [0.5, 0.6) is 5.75 Å². The highest BCUT2D eigenvalue weighted by Gasteiger charge is 2.19. The molecular formula is C15H24N2O. The minimum Gasteiger partial charge on any atom is -0.496 e. The van der Waals surface area contributed by atoms with Crippen LogP contribution in [0.2, 0.25) is 0 Å². The van der Waals surface area contributed by atoms with Crippen molar-refractivity contribution in [1.29, 1.82) is 0 Å². The fraction of sp³-hybridized carbons (Fsp3) is 0.600. The molecule has 0 radical (unpaired) electrons. The minimum atomic E-state index is 0.608. The van der Waals surface area contributed by atoms with Gasteiger partial charge in [0.05, 0.1) is 7.11 Å². The summed E-state index contributed by atoms with van der Waals surface area (Å²) < 4.78 is 5.38. The van der Waals surface area contributed by atoms with Crippen molar-refractivity contribution in [3.63, 3.8) is 0 Å². The summed E-state index contributed by atoms with van der Waals surface area (Å²) in [5.74, 6) is 1.01. The Balaban J connectivity index is 2.08. The largest absolute Gasteiger partial charge is 0.496 e. The van der Waals surface area contributed by atoms with Crippen LogP contribution in [0.4, 0.5) is 0 Å². The van der Waals surface area contributed by atoms with Crippen LogP contribution in [-0.4, -0.2) is 44.7 Å². The van der Waals surface area contributed by atoms with Gasteiger partial charge in [0.1, 0.15) is 5.75 Å². The van der Waals surface area contributed by atoms with Crippen LogP contribution in [0.15, 0.2) is 18.2 Å². The normalized spacial score (nSPS) is 20.9. The van der Waals surface area contributed by atoms with Crippen molar-refractivity contribution >= 4 is 0 Å². The molecule has 1 unspecified atom stereocenters. The lowest BCUT2D eigenvalue weighted by molar-refractivity contribution is 0.199. The van der Waals surface area contributed by atoms with Crippen molar-refractivity contribution in [2.24, 2.45) is 0 Å². The van der Waals surface area contributed by atoms with Gasteiger partial charge in [0, 0.05) is 25.7 Å². The lowest BCUT2D eigenvalue weighted by Gasteiger charge is -2.33. The number of piperazine rings is 1. The molecule has 2 rings (SSSR count). The lowest BCUT2D eigenvalue weighted by Crippen LogP contribution is -2.50. The molecule has 1 aromatic rings. The molecule has 18 heavy (non-hydrogen) atoms. The molecular weight excluding hydrogens is 224 g/mol. The zero-order chi connectivity index (χ0) is 13.0. The van der Waals surface area contributed by atoms with Crippen molar-refractivity contribution in [3.05, 3.63) is 29.3 Å². The number of ether oxygens (including phenoxy) is 1. The van der Waals surface area contributed by atoms with Crippen LogP contribution in [-0.2, 0) is 12.8 Å². The van der Waals surface area contributed by atoms with Crippen molar-refractivity contribution in [2.75, 3.05) is 33.8 Å². The molecule has 0 amide bonds. The maximum atomic E-state index is 5.38. The molecule has 1 saturated heterocycles. The molecule has 1 aliphatic rings. The summed E-state index contributed by atoms with van der Waals surface area (Å²) in [5.41, 5.74) is 2.72. The number of aryl methyl sites for hydroxylation is 1. The number of hydrogen-bond donors (Lipinski definition) is 1. The standard InChI is InChI=1S/C15H24N2O/c1-4-13-9-12(5-6-15(13)18-3)10-14-11-16-7-8-17(14)2/h5-6,9,14,16H,4,7-8,10-11H2,1-3H3. The predicted molar refractivity (Wildman–Crippen MR) is 75.4 cm³/mol. The number of rotatable bonds is 4. The minimum absolute atomic E-state index is 0.608. The van der Waals surface area contributed by atoms with Gasteiger partial charge in [0.25, 0.3) is 0 Å². The highest BCUT2D eigenvalue weighted by Crippen LogP contribution is 2.21. The zero-order valence-electron chi connectivity index (χ0n) is 11.7. The number of nitrogens with one attached hydrogen (secondary N) is 1. The summed E-state index contributed by atoms with van der Waals surface area (Å²) in [6.45, 7) is 5.51. The van der Waals surface area contributed by atoms with Gasteiger partial charge in [-0.1, -0.05) is 19.1 Å². The highest BCUT2D eigenvalue weighted by atomic mass is 16.5. The molecule has 3 heteroatoms. The first-order valence-corrected chi connectivity index (χ1v) is 6.81. The summed E-state index contributed by atoms with van der Waals surface area (Å²) in [4.78, 5) is 2.45. The van der Waals surface area contributed by atoms with Gasteiger partial charge in [-0.3, -0.25) is 0 Å². The Morgan fingerprint density at radius 3 is 2.94 bits per heavy atom. The first kappa shape index (κ1) is 13.4. The van der Waals surface area contributed by atoms with E-state index in [-0.39, 0.29) is 0 Å². The zero-order valence-corrected chi connectivity index (χ0v) is 11.7. The predicted octanol–water partition coefficient (Wildman–Crippen LogP) is 1.70. The van der Waals surface area contributed by atoms with E-state index in [1.165, 1.54) is 11.1 Å². The fourth-order valence-electron chi connectivity index (χ4n) is 2.60. The third kappa shape index (κ3) is 3.03. The topological polar surface area (TPSA) is 24.5 Å². The summed E-state index contributed by atoms with van der Waals surface area (Å²) >= 11 is 0. The SMILES string of the molecule is CCc1cc(CC2CNCCN2C)ccc1OC. The van der Waals surface area contributed by atoms with Gasteiger partial charge in [-0.25, -0.2) is 0 Å². The van der Waals surface area contributed by atoms with Gasteiger partial charge in [-0.2, -0.15) is 0 Å². The van der Waals surface area contributed by atoms with Gasteiger partial charge >= 0.3 is 0 Å². The average Bonchev–Trinajstić information content (AvgIpc) is 2.41. The third-order valence-corrected chi connectivity index (χ3v) is 3.84. The van der Waals surface area contributed by atoms with E-state index in [4.69, 9.17) is 4.74 Å². The molecule has 1 fully saturated rings. The first-order valence-electron chi connectivity index (χ1n) is 6.81. The Bertz CT molecular complexity index is 392. The van der Waals surface area contributed by atoms with Gasteiger partial charge in [0.15, 0.2) is 0 Å². The second-order valence-electron chi connectivity index (χ2n) is 5.04. The van der Waals surface area contributed by atoms with Crippen LogP contribution < -0.4 is 10.1 Å². The molecule has 0 bridgehead atoms. The van der Waals surface area contributed by atoms with Gasteiger partial charge in [-0.15, -0.1) is 0 Å². The van der Waals surface area contributed by atoms with E-state index in [1.807, 2.05) is 0 Å². The number of benzene rings is 1. The van der Waals surface area contributed by atoms with Crippen molar-refractivity contribution in [1.82, 2.24) is 10.2 Å².